The van der Waals surface area contributed by atoms with Gasteiger partial charge in [0.1, 0.15) is 0 Å². The van der Waals surface area contributed by atoms with E-state index in [1.807, 2.05) is 25.3 Å². The van der Waals surface area contributed by atoms with Gasteiger partial charge in [0.15, 0.2) is 0 Å². The van der Waals surface area contributed by atoms with Crippen LogP contribution >= 0.6 is 0 Å². The van der Waals surface area contributed by atoms with E-state index in [1.54, 1.807) is 0 Å². The molecule has 0 amide bonds. The summed E-state index contributed by atoms with van der Waals surface area (Å²) < 4.78 is 11.4. The van der Waals surface area contributed by atoms with Gasteiger partial charge in [0, 0.05) is 25.7 Å². The van der Waals surface area contributed by atoms with E-state index in [0.29, 0.717) is 13.0 Å². The van der Waals surface area contributed by atoms with Crippen molar-refractivity contribution in [3.8, 4) is 0 Å². The normalized spacial score (nSPS) is 27.5. The van der Waals surface area contributed by atoms with Crippen LogP contribution in [0.25, 0.3) is 0 Å². The van der Waals surface area contributed by atoms with E-state index < -0.39 is 0 Å². The third-order valence-corrected chi connectivity index (χ3v) is 5.04. The molecule has 1 spiro atoms. The van der Waals surface area contributed by atoms with Crippen LogP contribution in [0.15, 0.2) is 24.4 Å². The highest BCUT2D eigenvalue weighted by Crippen LogP contribution is 2.39. The van der Waals surface area contributed by atoms with Crippen molar-refractivity contribution in [3.63, 3.8) is 0 Å². The number of carbonyl (C=O) groups is 1. The van der Waals surface area contributed by atoms with Crippen LogP contribution < -0.4 is 0 Å². The zero-order chi connectivity index (χ0) is 16.8. The minimum atomic E-state index is -0.109. The van der Waals surface area contributed by atoms with E-state index in [-0.39, 0.29) is 17.7 Å². The molecule has 2 saturated heterocycles. The van der Waals surface area contributed by atoms with E-state index in [0.717, 1.165) is 57.4 Å². The number of hydrogen-bond acceptors (Lipinski definition) is 5. The molecular weight excluding hydrogens is 304 g/mol. The smallest absolute Gasteiger partial charge is 0.305 e. The minimum Gasteiger partial charge on any atom is -0.466 e. The van der Waals surface area contributed by atoms with Crippen molar-refractivity contribution >= 4 is 5.97 Å². The summed E-state index contributed by atoms with van der Waals surface area (Å²) in [5.74, 6) is -0.109. The van der Waals surface area contributed by atoms with E-state index >= 15 is 0 Å². The lowest BCUT2D eigenvalue weighted by atomic mass is 9.89. The molecular formula is C19H28N2O3. The van der Waals surface area contributed by atoms with E-state index in [1.165, 1.54) is 0 Å². The van der Waals surface area contributed by atoms with Gasteiger partial charge in [-0.05, 0) is 57.7 Å². The molecule has 0 radical (unpaired) electrons. The second-order valence-electron chi connectivity index (χ2n) is 6.94. The molecule has 132 valence electrons. The zero-order valence-electron chi connectivity index (χ0n) is 14.6. The molecule has 0 aliphatic carbocycles. The van der Waals surface area contributed by atoms with Gasteiger partial charge in [-0.2, -0.15) is 0 Å². The summed E-state index contributed by atoms with van der Waals surface area (Å²) >= 11 is 0. The fraction of sp³-hybridized carbons (Fsp3) is 0.684. The number of hydrogen-bond donors (Lipinski definition) is 0. The van der Waals surface area contributed by atoms with Gasteiger partial charge < -0.3 is 9.47 Å². The largest absolute Gasteiger partial charge is 0.466 e. The first-order chi connectivity index (χ1) is 11.7. The summed E-state index contributed by atoms with van der Waals surface area (Å²) in [5.41, 5.74) is 1.10. The molecule has 2 aliphatic rings. The highest BCUT2D eigenvalue weighted by molar-refractivity contribution is 5.69. The Bertz CT molecular complexity index is 537. The molecule has 0 unspecified atom stereocenters. The van der Waals surface area contributed by atoms with Crippen molar-refractivity contribution in [2.75, 3.05) is 19.7 Å². The third-order valence-electron chi connectivity index (χ3n) is 5.04. The summed E-state index contributed by atoms with van der Waals surface area (Å²) in [7, 11) is 0. The summed E-state index contributed by atoms with van der Waals surface area (Å²) in [4.78, 5) is 18.4. The maximum atomic E-state index is 11.5. The number of pyridine rings is 1. The second kappa shape index (κ2) is 8.08. The van der Waals surface area contributed by atoms with Crippen molar-refractivity contribution in [1.82, 2.24) is 9.88 Å². The Labute approximate surface area is 144 Å². The predicted molar refractivity (Wildman–Crippen MR) is 91.5 cm³/mol. The van der Waals surface area contributed by atoms with E-state index in [4.69, 9.17) is 9.47 Å². The van der Waals surface area contributed by atoms with Gasteiger partial charge in [0.2, 0.25) is 0 Å². The van der Waals surface area contributed by atoms with Crippen molar-refractivity contribution in [2.45, 2.75) is 63.7 Å². The highest BCUT2D eigenvalue weighted by Gasteiger charge is 2.43. The highest BCUT2D eigenvalue weighted by atomic mass is 16.5. The predicted octanol–water partition coefficient (Wildman–Crippen LogP) is 2.94. The number of rotatable bonds is 6. The van der Waals surface area contributed by atoms with Crippen molar-refractivity contribution in [1.29, 1.82) is 0 Å². The number of esters is 1. The lowest BCUT2D eigenvalue weighted by Crippen LogP contribution is -2.47. The molecule has 5 heteroatoms. The van der Waals surface area contributed by atoms with Gasteiger partial charge >= 0.3 is 5.97 Å². The number of carbonyl (C=O) groups excluding carboxylic acids is 1. The Balaban J connectivity index is 1.50. The van der Waals surface area contributed by atoms with Gasteiger partial charge in [-0.1, -0.05) is 6.07 Å². The van der Waals surface area contributed by atoms with Crippen molar-refractivity contribution < 1.29 is 14.3 Å². The van der Waals surface area contributed by atoms with Crippen molar-refractivity contribution in [2.24, 2.45) is 0 Å². The number of likely N-dealkylation sites (tertiary alicyclic amines) is 1. The Kier molecular flexibility index (Phi) is 5.85. The fourth-order valence-electron chi connectivity index (χ4n) is 3.96. The van der Waals surface area contributed by atoms with E-state index in [2.05, 4.69) is 16.0 Å². The first-order valence-corrected chi connectivity index (χ1v) is 9.15. The standard InChI is InChI=1S/C19H28N2O3/c1-2-23-18(22)8-7-17-9-11-19(24-17)10-5-13-21(15-19)14-16-6-3-4-12-20-16/h3-4,6,12,17H,2,5,7-11,13-15H2,1H3/t17-,19+/m1/s1. The molecule has 0 N–H and O–H groups in total. The maximum absolute atomic E-state index is 11.5. The second-order valence-corrected chi connectivity index (χ2v) is 6.94. The van der Waals surface area contributed by atoms with Crippen LogP contribution in [-0.2, 0) is 20.8 Å². The Morgan fingerprint density at radius 3 is 3.17 bits per heavy atom. The quantitative estimate of drug-likeness (QED) is 0.750. The SMILES string of the molecule is CCOC(=O)CC[C@@H]1CC[C@]2(CCCN(Cc3ccccn3)C2)O1. The summed E-state index contributed by atoms with van der Waals surface area (Å²) in [5, 5.41) is 0. The molecule has 2 aliphatic heterocycles. The number of piperidine rings is 1. The molecule has 24 heavy (non-hydrogen) atoms. The Morgan fingerprint density at radius 1 is 1.46 bits per heavy atom. The van der Waals surface area contributed by atoms with Crippen LogP contribution in [0.3, 0.4) is 0 Å². The van der Waals surface area contributed by atoms with Crippen LogP contribution in [0.4, 0.5) is 0 Å². The molecule has 1 aromatic rings. The number of aromatic nitrogens is 1. The van der Waals surface area contributed by atoms with Gasteiger partial charge in [-0.15, -0.1) is 0 Å². The first-order valence-electron chi connectivity index (χ1n) is 9.15. The summed E-state index contributed by atoms with van der Waals surface area (Å²) in [6.07, 6.45) is 7.73. The topological polar surface area (TPSA) is 51.7 Å². The van der Waals surface area contributed by atoms with Gasteiger partial charge in [0.25, 0.3) is 0 Å². The lowest BCUT2D eigenvalue weighted by Gasteiger charge is -2.40. The third kappa shape index (κ3) is 4.54. The minimum absolute atomic E-state index is 0.0215. The van der Waals surface area contributed by atoms with Crippen LogP contribution in [0, 0.1) is 0 Å². The summed E-state index contributed by atoms with van der Waals surface area (Å²) in [6.45, 7) is 5.27. The first kappa shape index (κ1) is 17.4. The van der Waals surface area contributed by atoms with Crippen LogP contribution in [-0.4, -0.2) is 47.3 Å². The average Bonchev–Trinajstić information content (AvgIpc) is 2.97. The molecule has 1 aromatic heterocycles. The fourth-order valence-corrected chi connectivity index (χ4v) is 3.96. The number of ether oxygens (including phenoxy) is 2. The Morgan fingerprint density at radius 2 is 2.38 bits per heavy atom. The van der Waals surface area contributed by atoms with Crippen LogP contribution in [0.5, 0.6) is 0 Å². The van der Waals surface area contributed by atoms with Gasteiger partial charge in [-0.25, -0.2) is 0 Å². The molecule has 0 saturated carbocycles. The molecule has 0 aromatic carbocycles. The Hall–Kier alpha value is -1.46. The molecule has 2 atom stereocenters. The maximum Gasteiger partial charge on any atom is 0.305 e. The van der Waals surface area contributed by atoms with Gasteiger partial charge in [0.05, 0.1) is 24.0 Å². The lowest BCUT2D eigenvalue weighted by molar-refractivity contribution is -0.144. The average molecular weight is 332 g/mol. The zero-order valence-corrected chi connectivity index (χ0v) is 14.6. The molecule has 2 fully saturated rings. The van der Waals surface area contributed by atoms with Gasteiger partial charge in [-0.3, -0.25) is 14.7 Å². The molecule has 0 bridgehead atoms. The van der Waals surface area contributed by atoms with E-state index in [9.17, 15) is 4.79 Å². The van der Waals surface area contributed by atoms with Crippen LogP contribution in [0.2, 0.25) is 0 Å². The molecule has 3 heterocycles. The number of nitrogens with zero attached hydrogens (tertiary/aromatic N) is 2. The molecule has 5 nitrogen and oxygen atoms in total. The van der Waals surface area contributed by atoms with Crippen LogP contribution in [0.1, 0.15) is 51.1 Å². The monoisotopic (exact) mass is 332 g/mol. The molecule has 3 rings (SSSR count). The van der Waals surface area contributed by atoms with Crippen molar-refractivity contribution in [3.05, 3.63) is 30.1 Å². The summed E-state index contributed by atoms with van der Waals surface area (Å²) in [6, 6.07) is 6.08.